The zero-order valence-corrected chi connectivity index (χ0v) is 23.8. The van der Waals surface area contributed by atoms with E-state index in [4.69, 9.17) is 9.47 Å². The molecule has 1 spiro atoms. The molecule has 1 aliphatic carbocycles. The van der Waals surface area contributed by atoms with Crippen LogP contribution in [0.15, 0.2) is 97.1 Å². The van der Waals surface area contributed by atoms with Gasteiger partial charge in [0, 0.05) is 46.0 Å². The Hall–Kier alpha value is -5.57. The summed E-state index contributed by atoms with van der Waals surface area (Å²) in [6.07, 6.45) is 3.73. The number of benzene rings is 4. The number of nitro groups is 1. The van der Waals surface area contributed by atoms with Crippen molar-refractivity contribution in [2.24, 2.45) is 5.41 Å². The van der Waals surface area contributed by atoms with Gasteiger partial charge in [-0.2, -0.15) is 0 Å². The maximum atomic E-state index is 14.8. The van der Waals surface area contributed by atoms with Crippen LogP contribution >= 0.6 is 0 Å². The second-order valence-corrected chi connectivity index (χ2v) is 11.0. The third-order valence-corrected chi connectivity index (χ3v) is 9.11. The van der Waals surface area contributed by atoms with Crippen molar-refractivity contribution in [2.75, 3.05) is 19.1 Å². The van der Waals surface area contributed by atoms with Gasteiger partial charge in [0.25, 0.3) is 5.69 Å². The van der Waals surface area contributed by atoms with Gasteiger partial charge in [0.1, 0.15) is 11.5 Å². The lowest BCUT2D eigenvalue weighted by atomic mass is 9.64. The van der Waals surface area contributed by atoms with Crippen molar-refractivity contribution in [3.8, 4) is 11.5 Å². The van der Waals surface area contributed by atoms with E-state index >= 15 is 0 Å². The molecule has 1 saturated heterocycles. The lowest BCUT2D eigenvalue weighted by Crippen LogP contribution is -2.48. The molecule has 9 nitrogen and oxygen atoms in total. The van der Waals surface area contributed by atoms with Crippen molar-refractivity contribution in [3.05, 3.63) is 135 Å². The number of ether oxygens (including phenoxy) is 2. The molecule has 44 heavy (non-hydrogen) atoms. The van der Waals surface area contributed by atoms with Crippen LogP contribution in [0.3, 0.4) is 0 Å². The fraction of sp³-hybridized carbons (Fsp3) is 0.171. The van der Waals surface area contributed by atoms with E-state index in [1.54, 1.807) is 42.5 Å². The molecule has 0 amide bonds. The summed E-state index contributed by atoms with van der Waals surface area (Å²) in [5, 5.41) is 11.4. The minimum Gasteiger partial charge on any atom is -0.493 e. The molecule has 3 aliphatic rings. The molecule has 7 rings (SSSR count). The van der Waals surface area contributed by atoms with Crippen LogP contribution in [0.1, 0.15) is 48.1 Å². The number of methoxy groups -OCH3 is 2. The molecule has 1 fully saturated rings. The summed E-state index contributed by atoms with van der Waals surface area (Å²) in [5.41, 5.74) is 0.937. The Balaban J connectivity index is 1.56. The van der Waals surface area contributed by atoms with Crippen molar-refractivity contribution in [1.82, 2.24) is 0 Å². The molecule has 4 aromatic carbocycles. The third-order valence-electron chi connectivity index (χ3n) is 9.11. The van der Waals surface area contributed by atoms with Crippen LogP contribution in [0.2, 0.25) is 0 Å². The van der Waals surface area contributed by atoms with Crippen LogP contribution in [-0.2, 0) is 0 Å². The number of rotatable bonds is 6. The quantitative estimate of drug-likeness (QED) is 0.118. The van der Waals surface area contributed by atoms with E-state index < -0.39 is 34.1 Å². The number of hydrogen-bond acceptors (Lipinski definition) is 8. The minimum atomic E-state index is -1.73. The highest BCUT2D eigenvalue weighted by Crippen LogP contribution is 2.62. The maximum absolute atomic E-state index is 14.8. The second-order valence-electron chi connectivity index (χ2n) is 11.0. The van der Waals surface area contributed by atoms with Crippen LogP contribution < -0.4 is 14.4 Å². The van der Waals surface area contributed by atoms with Crippen LogP contribution in [0.4, 0.5) is 11.4 Å². The first-order valence-corrected chi connectivity index (χ1v) is 14.1. The Bertz CT molecular complexity index is 1880. The Morgan fingerprint density at radius 1 is 0.841 bits per heavy atom. The predicted molar refractivity (Wildman–Crippen MR) is 163 cm³/mol. The first kappa shape index (κ1) is 27.3. The normalized spacial score (nSPS) is 20.7. The first-order chi connectivity index (χ1) is 21.3. The van der Waals surface area contributed by atoms with Gasteiger partial charge < -0.3 is 14.4 Å². The minimum absolute atomic E-state index is 0.156. The van der Waals surface area contributed by atoms with Crippen molar-refractivity contribution < 1.29 is 28.8 Å². The van der Waals surface area contributed by atoms with E-state index in [1.165, 1.54) is 38.5 Å². The largest absolute Gasteiger partial charge is 0.493 e. The molecule has 218 valence electrons. The Labute approximate surface area is 252 Å². The predicted octanol–water partition coefficient (Wildman–Crippen LogP) is 5.93. The number of carbonyl (C=O) groups is 3. The number of nitro benzene ring substituents is 1. The summed E-state index contributed by atoms with van der Waals surface area (Å²) < 4.78 is 11.5. The fourth-order valence-electron chi connectivity index (χ4n) is 7.34. The lowest BCUT2D eigenvalue weighted by Gasteiger charge is -2.37. The van der Waals surface area contributed by atoms with Crippen LogP contribution in [0, 0.1) is 15.5 Å². The molecule has 4 aromatic rings. The molecular weight excluding hydrogens is 560 g/mol. The number of fused-ring (bicyclic) bond motifs is 5. The highest BCUT2D eigenvalue weighted by Gasteiger charge is 2.72. The molecule has 0 N–H and O–H groups in total. The van der Waals surface area contributed by atoms with E-state index in [0.717, 1.165) is 5.56 Å². The second kappa shape index (κ2) is 10.0. The first-order valence-electron chi connectivity index (χ1n) is 14.1. The van der Waals surface area contributed by atoms with Gasteiger partial charge in [-0.15, -0.1) is 0 Å². The van der Waals surface area contributed by atoms with Crippen LogP contribution in [-0.4, -0.2) is 48.6 Å². The average molecular weight is 587 g/mol. The average Bonchev–Trinajstić information content (AvgIpc) is 3.49. The summed E-state index contributed by atoms with van der Waals surface area (Å²) in [6, 6.07) is 23.0. The van der Waals surface area contributed by atoms with E-state index in [2.05, 4.69) is 0 Å². The zero-order chi connectivity index (χ0) is 30.7. The van der Waals surface area contributed by atoms with Gasteiger partial charge in [0.05, 0.1) is 25.2 Å². The molecular formula is C35H26N2O7. The van der Waals surface area contributed by atoms with E-state index in [1.807, 2.05) is 41.3 Å². The van der Waals surface area contributed by atoms with Crippen LogP contribution in [0.5, 0.6) is 11.5 Å². The number of nitrogens with zero attached hydrogens (tertiary/aromatic N) is 2. The molecule has 0 unspecified atom stereocenters. The van der Waals surface area contributed by atoms with Crippen molar-refractivity contribution in [2.45, 2.75) is 18.0 Å². The van der Waals surface area contributed by atoms with Crippen molar-refractivity contribution in [3.63, 3.8) is 0 Å². The molecule has 9 heteroatoms. The Morgan fingerprint density at radius 2 is 1.50 bits per heavy atom. The molecule has 2 heterocycles. The Kier molecular flexibility index (Phi) is 6.21. The van der Waals surface area contributed by atoms with E-state index in [-0.39, 0.29) is 22.8 Å². The summed E-state index contributed by atoms with van der Waals surface area (Å²) in [6.45, 7) is 0. The number of ketones is 3. The van der Waals surface area contributed by atoms with Crippen LogP contribution in [0.25, 0.3) is 6.08 Å². The number of anilines is 1. The highest BCUT2D eigenvalue weighted by atomic mass is 16.6. The molecule has 0 saturated carbocycles. The topological polar surface area (TPSA) is 116 Å². The molecule has 2 aliphatic heterocycles. The van der Waals surface area contributed by atoms with Gasteiger partial charge in [-0.05, 0) is 29.8 Å². The number of hydrogen-bond donors (Lipinski definition) is 0. The maximum Gasteiger partial charge on any atom is 0.269 e. The van der Waals surface area contributed by atoms with Gasteiger partial charge in [-0.25, -0.2) is 0 Å². The third kappa shape index (κ3) is 3.55. The van der Waals surface area contributed by atoms with Gasteiger partial charge in [0.2, 0.25) is 0 Å². The van der Waals surface area contributed by atoms with E-state index in [0.29, 0.717) is 33.9 Å². The SMILES string of the molecule is COc1cccc([C@@H]2[C@H](C(=O)c3ccc([N+](=O)[O-])cc3)N3c4ccccc4C=C[C@@H]3C23C(=O)c2ccccc2C3=O)c1OC. The number of non-ortho nitro benzene ring substituents is 1. The van der Waals surface area contributed by atoms with Gasteiger partial charge in [0.15, 0.2) is 28.8 Å². The molecule has 0 aromatic heterocycles. The number of carbonyl (C=O) groups excluding carboxylic acids is 3. The zero-order valence-electron chi connectivity index (χ0n) is 23.8. The number of para-hydroxylation sites is 2. The van der Waals surface area contributed by atoms with Gasteiger partial charge in [-0.1, -0.05) is 66.7 Å². The molecule has 3 atom stereocenters. The lowest BCUT2D eigenvalue weighted by molar-refractivity contribution is -0.384. The standard InChI is InChI=1S/C35H26N2O7/c1-43-27-13-7-11-25(32(27)44-2)29-30(31(38)21-14-17-22(18-15-21)37(41)42)36-26-12-6-3-8-20(26)16-19-28(36)35(29)33(39)23-9-4-5-10-24(23)34(35)40/h3-19,28-30H,1-2H3/t28-,29-,30-/m1/s1. The Morgan fingerprint density at radius 3 is 2.14 bits per heavy atom. The highest BCUT2D eigenvalue weighted by molar-refractivity contribution is 6.32. The summed E-state index contributed by atoms with van der Waals surface area (Å²) in [4.78, 5) is 57.2. The van der Waals surface area contributed by atoms with Crippen molar-refractivity contribution in [1.29, 1.82) is 0 Å². The van der Waals surface area contributed by atoms with Gasteiger partial charge >= 0.3 is 0 Å². The monoisotopic (exact) mass is 586 g/mol. The summed E-state index contributed by atoms with van der Waals surface area (Å²) >= 11 is 0. The molecule has 0 radical (unpaired) electrons. The van der Waals surface area contributed by atoms with Crippen molar-refractivity contribution >= 4 is 34.8 Å². The summed E-state index contributed by atoms with van der Waals surface area (Å²) in [5.74, 6) is -1.45. The van der Waals surface area contributed by atoms with Gasteiger partial charge in [-0.3, -0.25) is 24.5 Å². The fourth-order valence-corrected chi connectivity index (χ4v) is 7.34. The summed E-state index contributed by atoms with van der Waals surface area (Å²) in [7, 11) is 2.97. The van der Waals surface area contributed by atoms with E-state index in [9.17, 15) is 24.5 Å². The molecule has 0 bridgehead atoms. The number of Topliss-reactive ketones (excluding diaryl/α,β-unsaturated/α-hetero) is 3. The smallest absolute Gasteiger partial charge is 0.269 e.